The van der Waals surface area contributed by atoms with Crippen molar-refractivity contribution in [1.29, 1.82) is 0 Å². The van der Waals surface area contributed by atoms with Crippen LogP contribution < -0.4 is 5.32 Å². The van der Waals surface area contributed by atoms with Crippen molar-refractivity contribution in [1.82, 2.24) is 15.2 Å². The number of anilines is 1. The number of thioether (sulfide) groups is 1. The minimum absolute atomic E-state index is 0.329. The first-order chi connectivity index (χ1) is 9.79. The molecule has 0 spiro atoms. The van der Waals surface area contributed by atoms with Crippen LogP contribution in [0.15, 0.2) is 10.5 Å². The second-order valence-electron chi connectivity index (χ2n) is 4.52. The molecule has 108 valence electrons. The number of nitrogens with zero attached hydrogens (tertiary/aromatic N) is 3. The highest BCUT2D eigenvalue weighted by molar-refractivity contribution is 8.00. The van der Waals surface area contributed by atoms with E-state index in [1.54, 1.807) is 34.4 Å². The van der Waals surface area contributed by atoms with Crippen LogP contribution in [0.3, 0.4) is 0 Å². The molecule has 1 saturated heterocycles. The van der Waals surface area contributed by atoms with Gasteiger partial charge in [-0.05, 0) is 19.8 Å². The van der Waals surface area contributed by atoms with E-state index in [0.29, 0.717) is 6.10 Å². The number of hydrogen-bond acceptors (Lipinski definition) is 8. The van der Waals surface area contributed by atoms with Crippen molar-refractivity contribution in [3.63, 3.8) is 0 Å². The van der Waals surface area contributed by atoms with Crippen molar-refractivity contribution in [2.45, 2.75) is 36.0 Å². The number of ether oxygens (including phenoxy) is 1. The standard InChI is InChI=1S/C12H16N4OS3/c1-8-13-6-10(19-8)7-18-12-16-15-11(20-12)14-5-9-3-2-4-17-9/h6,9H,2-5,7H2,1H3,(H,14,15). The molecule has 0 bridgehead atoms. The Morgan fingerprint density at radius 2 is 2.40 bits per heavy atom. The molecular weight excluding hydrogens is 312 g/mol. The Balaban J connectivity index is 1.46. The van der Waals surface area contributed by atoms with Gasteiger partial charge in [-0.2, -0.15) is 0 Å². The maximum absolute atomic E-state index is 5.57. The molecule has 0 amide bonds. The van der Waals surface area contributed by atoms with E-state index < -0.39 is 0 Å². The molecule has 1 N–H and O–H groups in total. The smallest absolute Gasteiger partial charge is 0.206 e. The van der Waals surface area contributed by atoms with Crippen molar-refractivity contribution < 1.29 is 4.74 Å². The molecule has 3 heterocycles. The molecule has 8 heteroatoms. The molecule has 1 atom stereocenters. The fraction of sp³-hybridized carbons (Fsp3) is 0.583. The van der Waals surface area contributed by atoms with Crippen molar-refractivity contribution in [3.05, 3.63) is 16.1 Å². The van der Waals surface area contributed by atoms with Gasteiger partial charge in [-0.15, -0.1) is 21.5 Å². The molecule has 1 fully saturated rings. The summed E-state index contributed by atoms with van der Waals surface area (Å²) in [4.78, 5) is 5.53. The third kappa shape index (κ3) is 3.91. The van der Waals surface area contributed by atoms with Gasteiger partial charge in [0, 0.05) is 30.0 Å². The molecule has 0 saturated carbocycles. The number of rotatable bonds is 6. The van der Waals surface area contributed by atoms with E-state index in [4.69, 9.17) is 4.74 Å². The zero-order valence-corrected chi connectivity index (χ0v) is 13.6. The number of nitrogens with one attached hydrogen (secondary N) is 1. The summed E-state index contributed by atoms with van der Waals surface area (Å²) in [5.41, 5.74) is 0. The van der Waals surface area contributed by atoms with Crippen LogP contribution in [0.4, 0.5) is 5.13 Å². The molecule has 0 aromatic carbocycles. The molecule has 2 aromatic heterocycles. The van der Waals surface area contributed by atoms with Crippen LogP contribution in [-0.2, 0) is 10.5 Å². The van der Waals surface area contributed by atoms with Crippen LogP contribution in [0.5, 0.6) is 0 Å². The number of thiazole rings is 1. The first-order valence-electron chi connectivity index (χ1n) is 6.52. The SMILES string of the molecule is Cc1ncc(CSc2nnc(NCC3CCCO3)s2)s1. The second kappa shape index (κ2) is 6.84. The topological polar surface area (TPSA) is 59.9 Å². The Morgan fingerprint density at radius 3 is 3.15 bits per heavy atom. The molecular formula is C12H16N4OS3. The molecule has 20 heavy (non-hydrogen) atoms. The molecule has 3 rings (SSSR count). The van der Waals surface area contributed by atoms with Crippen LogP contribution in [0.1, 0.15) is 22.7 Å². The van der Waals surface area contributed by atoms with Crippen molar-refractivity contribution in [3.8, 4) is 0 Å². The fourth-order valence-electron chi connectivity index (χ4n) is 1.95. The lowest BCUT2D eigenvalue weighted by Crippen LogP contribution is -2.18. The third-order valence-corrected chi connectivity index (χ3v) is 6.08. The highest BCUT2D eigenvalue weighted by Gasteiger charge is 2.15. The van der Waals surface area contributed by atoms with Gasteiger partial charge in [-0.25, -0.2) is 4.98 Å². The van der Waals surface area contributed by atoms with E-state index in [9.17, 15) is 0 Å². The minimum Gasteiger partial charge on any atom is -0.376 e. The summed E-state index contributed by atoms with van der Waals surface area (Å²) in [6.07, 6.45) is 4.57. The summed E-state index contributed by atoms with van der Waals surface area (Å²) in [6.45, 7) is 3.74. The van der Waals surface area contributed by atoms with Crippen molar-refractivity contribution >= 4 is 39.6 Å². The first kappa shape index (κ1) is 14.2. The van der Waals surface area contributed by atoms with Gasteiger partial charge in [0.05, 0.1) is 11.1 Å². The quantitative estimate of drug-likeness (QED) is 0.822. The summed E-state index contributed by atoms with van der Waals surface area (Å²) < 4.78 is 6.56. The van der Waals surface area contributed by atoms with Crippen LogP contribution >= 0.6 is 34.4 Å². The molecule has 1 unspecified atom stereocenters. The largest absolute Gasteiger partial charge is 0.376 e. The summed E-state index contributed by atoms with van der Waals surface area (Å²) in [5.74, 6) is 0.909. The summed E-state index contributed by atoms with van der Waals surface area (Å²) in [7, 11) is 0. The van der Waals surface area contributed by atoms with Gasteiger partial charge >= 0.3 is 0 Å². The maximum atomic E-state index is 5.57. The zero-order chi connectivity index (χ0) is 13.8. The highest BCUT2D eigenvalue weighted by atomic mass is 32.2. The Morgan fingerprint density at radius 1 is 1.45 bits per heavy atom. The Kier molecular flexibility index (Phi) is 4.87. The average molecular weight is 328 g/mol. The van der Waals surface area contributed by atoms with Gasteiger partial charge in [0.25, 0.3) is 0 Å². The monoisotopic (exact) mass is 328 g/mol. The molecule has 1 aliphatic rings. The minimum atomic E-state index is 0.329. The molecule has 5 nitrogen and oxygen atoms in total. The van der Waals surface area contributed by atoms with Crippen LogP contribution in [-0.4, -0.2) is 34.4 Å². The van der Waals surface area contributed by atoms with Crippen molar-refractivity contribution in [2.24, 2.45) is 0 Å². The zero-order valence-electron chi connectivity index (χ0n) is 11.2. The third-order valence-electron chi connectivity index (χ3n) is 2.92. The van der Waals surface area contributed by atoms with Gasteiger partial charge in [0.1, 0.15) is 0 Å². The van der Waals surface area contributed by atoms with Gasteiger partial charge in [0.15, 0.2) is 4.34 Å². The lowest BCUT2D eigenvalue weighted by Gasteiger charge is -2.08. The Hall–Kier alpha value is -0.700. The van der Waals surface area contributed by atoms with E-state index in [1.165, 1.54) is 4.88 Å². The maximum Gasteiger partial charge on any atom is 0.206 e. The summed E-state index contributed by atoms with van der Waals surface area (Å²) in [5, 5.41) is 13.7. The first-order valence-corrected chi connectivity index (χ1v) is 9.14. The molecule has 1 aliphatic heterocycles. The van der Waals surface area contributed by atoms with E-state index >= 15 is 0 Å². The van der Waals surface area contributed by atoms with Crippen LogP contribution in [0.25, 0.3) is 0 Å². The highest BCUT2D eigenvalue weighted by Crippen LogP contribution is 2.29. The van der Waals surface area contributed by atoms with E-state index in [-0.39, 0.29) is 0 Å². The van der Waals surface area contributed by atoms with Gasteiger partial charge in [0.2, 0.25) is 5.13 Å². The Labute approximate surface area is 130 Å². The van der Waals surface area contributed by atoms with Gasteiger partial charge in [-0.1, -0.05) is 23.1 Å². The normalized spacial score (nSPS) is 18.6. The van der Waals surface area contributed by atoms with Crippen molar-refractivity contribution in [2.75, 3.05) is 18.5 Å². The second-order valence-corrected chi connectivity index (χ2v) is 8.04. The van der Waals surface area contributed by atoms with Crippen LogP contribution in [0.2, 0.25) is 0 Å². The lowest BCUT2D eigenvalue weighted by atomic mass is 10.2. The number of hydrogen-bond donors (Lipinski definition) is 1. The average Bonchev–Trinajstić information content (AvgIpc) is 3.16. The summed E-state index contributed by atoms with van der Waals surface area (Å²) in [6, 6.07) is 0. The van der Waals surface area contributed by atoms with Crippen LogP contribution in [0, 0.1) is 6.92 Å². The predicted molar refractivity (Wildman–Crippen MR) is 83.8 cm³/mol. The summed E-state index contributed by atoms with van der Waals surface area (Å²) >= 11 is 5.04. The van der Waals surface area contributed by atoms with E-state index in [1.807, 2.05) is 13.1 Å². The van der Waals surface area contributed by atoms with Gasteiger partial charge in [-0.3, -0.25) is 0 Å². The number of aromatic nitrogens is 3. The predicted octanol–water partition coefficient (Wildman–Crippen LogP) is 3.19. The van der Waals surface area contributed by atoms with E-state index in [2.05, 4.69) is 20.5 Å². The fourth-order valence-corrected chi connectivity index (χ4v) is 4.53. The lowest BCUT2D eigenvalue weighted by molar-refractivity contribution is 0.120. The molecule has 0 aliphatic carbocycles. The Bertz CT molecular complexity index is 550. The number of aryl methyl sites for hydroxylation is 1. The van der Waals surface area contributed by atoms with Gasteiger partial charge < -0.3 is 10.1 Å². The molecule has 2 aromatic rings. The van der Waals surface area contributed by atoms with E-state index in [0.717, 1.165) is 46.2 Å². The molecule has 0 radical (unpaired) electrons.